The third kappa shape index (κ3) is 3.82. The molecule has 0 radical (unpaired) electrons. The van der Waals surface area contributed by atoms with Gasteiger partial charge < -0.3 is 15.2 Å². The lowest BCUT2D eigenvalue weighted by atomic mass is 9.98. The van der Waals surface area contributed by atoms with E-state index in [1.165, 1.54) is 22.0 Å². The Morgan fingerprint density at radius 2 is 1.76 bits per heavy atom. The molecule has 2 N–H and O–H groups in total. The highest BCUT2D eigenvalue weighted by Crippen LogP contribution is 2.44. The highest BCUT2D eigenvalue weighted by atomic mass is 16.5. The number of ether oxygens (including phenoxy) is 1. The van der Waals surface area contributed by atoms with Gasteiger partial charge in [-0.25, -0.2) is 14.3 Å². The molecule has 148 valence electrons. The Labute approximate surface area is 167 Å². The number of nitrogens with zero attached hydrogens (tertiary/aromatic N) is 3. The molecule has 0 saturated heterocycles. The maximum Gasteiger partial charge on any atom is 0.407 e. The summed E-state index contributed by atoms with van der Waals surface area (Å²) in [7, 11) is 0. The van der Waals surface area contributed by atoms with Gasteiger partial charge in [0.1, 0.15) is 6.61 Å². The number of aromatic nitrogens is 3. The molecule has 0 saturated carbocycles. The predicted molar refractivity (Wildman–Crippen MR) is 105 cm³/mol. The van der Waals surface area contributed by atoms with E-state index < -0.39 is 12.1 Å². The van der Waals surface area contributed by atoms with Crippen molar-refractivity contribution in [3.8, 4) is 11.1 Å². The van der Waals surface area contributed by atoms with Gasteiger partial charge in [-0.2, -0.15) is 0 Å². The van der Waals surface area contributed by atoms with Crippen LogP contribution in [0.4, 0.5) is 4.79 Å². The number of hydrogen-bond acceptors (Lipinski definition) is 5. The third-order valence-corrected chi connectivity index (χ3v) is 4.93. The molecular weight excluding hydrogens is 372 g/mol. The fourth-order valence-electron chi connectivity index (χ4n) is 3.65. The van der Waals surface area contributed by atoms with Crippen LogP contribution in [-0.2, 0) is 11.3 Å². The van der Waals surface area contributed by atoms with E-state index in [2.05, 4.69) is 39.9 Å². The minimum absolute atomic E-state index is 0.00287. The molecule has 1 amide bonds. The number of nitrogens with one attached hydrogen (secondary N) is 1. The minimum atomic E-state index is -1.15. The number of rotatable bonds is 6. The lowest BCUT2D eigenvalue weighted by Gasteiger charge is -2.17. The first-order valence-electron chi connectivity index (χ1n) is 9.28. The van der Waals surface area contributed by atoms with Crippen molar-refractivity contribution in [2.75, 3.05) is 6.61 Å². The van der Waals surface area contributed by atoms with Crippen molar-refractivity contribution in [1.29, 1.82) is 0 Å². The van der Waals surface area contributed by atoms with Gasteiger partial charge in [-0.1, -0.05) is 53.7 Å². The molecule has 1 atom stereocenters. The molecule has 2 aromatic carbocycles. The lowest BCUT2D eigenvalue weighted by molar-refractivity contribution is 0.0690. The van der Waals surface area contributed by atoms with Crippen LogP contribution in [0.2, 0.25) is 0 Å². The van der Waals surface area contributed by atoms with Crippen LogP contribution in [0.3, 0.4) is 0 Å². The molecule has 8 nitrogen and oxygen atoms in total. The van der Waals surface area contributed by atoms with E-state index in [-0.39, 0.29) is 30.8 Å². The number of fused-ring (bicyclic) bond motifs is 3. The number of carbonyl (C=O) groups excluding carboxylic acids is 1. The molecule has 0 bridgehead atoms. The van der Waals surface area contributed by atoms with E-state index in [0.29, 0.717) is 0 Å². The number of amides is 1. The van der Waals surface area contributed by atoms with Gasteiger partial charge in [0, 0.05) is 12.0 Å². The van der Waals surface area contributed by atoms with E-state index in [4.69, 9.17) is 9.84 Å². The Balaban J connectivity index is 1.36. The van der Waals surface area contributed by atoms with E-state index in [1.54, 1.807) is 6.92 Å². The standard InChI is InChI=1S/C21H20N4O4/c1-13(10-25-11-19(20(26)27)23-24-25)22-21(28)29-12-18-16-8-4-2-6-14(16)15-7-3-5-9-17(15)18/h2-9,11,13,18H,10,12H2,1H3,(H,22,28)(H,26,27)/t13-/m1/s1. The molecule has 29 heavy (non-hydrogen) atoms. The fraction of sp³-hybridized carbons (Fsp3) is 0.238. The Morgan fingerprint density at radius 1 is 1.14 bits per heavy atom. The fourth-order valence-corrected chi connectivity index (χ4v) is 3.65. The smallest absolute Gasteiger partial charge is 0.407 e. The van der Waals surface area contributed by atoms with Crippen LogP contribution in [0, 0.1) is 0 Å². The van der Waals surface area contributed by atoms with Crippen LogP contribution in [0.15, 0.2) is 54.7 Å². The van der Waals surface area contributed by atoms with Gasteiger partial charge in [-0.05, 0) is 29.2 Å². The molecule has 1 heterocycles. The van der Waals surface area contributed by atoms with E-state index in [1.807, 2.05) is 24.3 Å². The molecule has 8 heteroatoms. The molecule has 1 aromatic heterocycles. The average Bonchev–Trinajstić information content (AvgIpc) is 3.29. The first kappa shape index (κ1) is 18.7. The van der Waals surface area contributed by atoms with Crippen molar-refractivity contribution in [1.82, 2.24) is 20.3 Å². The van der Waals surface area contributed by atoms with Crippen molar-refractivity contribution in [2.24, 2.45) is 0 Å². The predicted octanol–water partition coefficient (Wildman–Crippen LogP) is 2.90. The van der Waals surface area contributed by atoms with Crippen molar-refractivity contribution in [3.63, 3.8) is 0 Å². The molecule has 1 aliphatic rings. The van der Waals surface area contributed by atoms with Crippen LogP contribution in [0.5, 0.6) is 0 Å². The Kier molecular flexibility index (Phi) is 4.99. The normalized spacial score (nSPS) is 13.4. The molecule has 0 fully saturated rings. The summed E-state index contributed by atoms with van der Waals surface area (Å²) in [6, 6.07) is 16.0. The monoisotopic (exact) mass is 392 g/mol. The van der Waals surface area contributed by atoms with E-state index >= 15 is 0 Å². The quantitative estimate of drug-likeness (QED) is 0.668. The highest BCUT2D eigenvalue weighted by molar-refractivity contribution is 5.84. The number of carbonyl (C=O) groups is 2. The molecule has 0 unspecified atom stereocenters. The number of hydrogen-bond donors (Lipinski definition) is 2. The summed E-state index contributed by atoms with van der Waals surface area (Å²) in [5.41, 5.74) is 4.51. The zero-order valence-corrected chi connectivity index (χ0v) is 15.8. The van der Waals surface area contributed by atoms with Crippen LogP contribution in [-0.4, -0.2) is 44.8 Å². The molecule has 4 rings (SSSR count). The Bertz CT molecular complexity index is 1020. The summed E-state index contributed by atoms with van der Waals surface area (Å²) in [6.07, 6.45) is 0.788. The maximum atomic E-state index is 12.3. The summed E-state index contributed by atoms with van der Waals surface area (Å²) < 4.78 is 6.87. The van der Waals surface area contributed by atoms with Crippen LogP contribution in [0.25, 0.3) is 11.1 Å². The first-order chi connectivity index (χ1) is 14.0. The summed E-state index contributed by atoms with van der Waals surface area (Å²) in [5.74, 6) is -1.15. The van der Waals surface area contributed by atoms with Crippen LogP contribution in [0.1, 0.15) is 34.5 Å². The summed E-state index contributed by atoms with van der Waals surface area (Å²) in [5, 5.41) is 18.9. The number of carboxylic acids is 1. The molecule has 0 spiro atoms. The Hall–Kier alpha value is -3.68. The van der Waals surface area contributed by atoms with Crippen LogP contribution < -0.4 is 5.32 Å². The van der Waals surface area contributed by atoms with Gasteiger partial charge in [0.25, 0.3) is 0 Å². The minimum Gasteiger partial charge on any atom is -0.476 e. The number of alkyl carbamates (subject to hydrolysis) is 1. The van der Waals surface area contributed by atoms with Gasteiger partial charge >= 0.3 is 12.1 Å². The van der Waals surface area contributed by atoms with Crippen LogP contribution >= 0.6 is 0 Å². The second-order valence-corrected chi connectivity index (χ2v) is 7.00. The van der Waals surface area contributed by atoms with Gasteiger partial charge in [0.05, 0.1) is 12.7 Å². The number of aromatic carboxylic acids is 1. The summed E-state index contributed by atoms with van der Waals surface area (Å²) in [4.78, 5) is 23.1. The van der Waals surface area contributed by atoms with Crippen molar-refractivity contribution in [2.45, 2.75) is 25.4 Å². The van der Waals surface area contributed by atoms with E-state index in [9.17, 15) is 9.59 Å². The van der Waals surface area contributed by atoms with Crippen molar-refractivity contribution in [3.05, 3.63) is 71.5 Å². The molecule has 3 aromatic rings. The SMILES string of the molecule is C[C@H](Cn1cc(C(=O)O)nn1)NC(=O)OCC1c2ccccc2-c2ccccc21. The Morgan fingerprint density at radius 3 is 2.34 bits per heavy atom. The molecular formula is C21H20N4O4. The summed E-state index contributed by atoms with van der Waals surface area (Å²) in [6.45, 7) is 2.30. The maximum absolute atomic E-state index is 12.3. The third-order valence-electron chi connectivity index (χ3n) is 4.93. The largest absolute Gasteiger partial charge is 0.476 e. The molecule has 1 aliphatic carbocycles. The second-order valence-electron chi connectivity index (χ2n) is 7.00. The summed E-state index contributed by atoms with van der Waals surface area (Å²) >= 11 is 0. The lowest BCUT2D eigenvalue weighted by Crippen LogP contribution is -2.36. The first-order valence-corrected chi connectivity index (χ1v) is 9.28. The highest BCUT2D eigenvalue weighted by Gasteiger charge is 2.29. The zero-order valence-electron chi connectivity index (χ0n) is 15.8. The van der Waals surface area contributed by atoms with Crippen molar-refractivity contribution < 1.29 is 19.4 Å². The van der Waals surface area contributed by atoms with E-state index in [0.717, 1.165) is 11.1 Å². The second kappa shape index (κ2) is 7.75. The van der Waals surface area contributed by atoms with Gasteiger partial charge in [-0.15, -0.1) is 5.10 Å². The molecule has 0 aliphatic heterocycles. The number of carboxylic acid groups (broad SMARTS) is 1. The van der Waals surface area contributed by atoms with Crippen molar-refractivity contribution >= 4 is 12.1 Å². The zero-order chi connectivity index (χ0) is 20.4. The average molecular weight is 392 g/mol. The van der Waals surface area contributed by atoms with Gasteiger partial charge in [0.2, 0.25) is 0 Å². The van der Waals surface area contributed by atoms with Gasteiger partial charge in [0.15, 0.2) is 5.69 Å². The van der Waals surface area contributed by atoms with Gasteiger partial charge in [-0.3, -0.25) is 0 Å². The topological polar surface area (TPSA) is 106 Å². The number of benzene rings is 2.